The summed E-state index contributed by atoms with van der Waals surface area (Å²) in [6.45, 7) is 3.79. The van der Waals surface area contributed by atoms with Crippen molar-refractivity contribution in [1.29, 1.82) is 0 Å². The molecule has 0 unspecified atom stereocenters. The molecule has 0 atom stereocenters. The van der Waals surface area contributed by atoms with Crippen molar-refractivity contribution >= 4 is 27.3 Å². The minimum atomic E-state index is -3.70. The van der Waals surface area contributed by atoms with Crippen molar-refractivity contribution in [1.82, 2.24) is 0 Å². The van der Waals surface area contributed by atoms with Crippen LogP contribution in [-0.4, -0.2) is 14.3 Å². The van der Waals surface area contributed by atoms with Gasteiger partial charge in [-0.05, 0) is 61.9 Å². The molecule has 138 valence electrons. The Morgan fingerprint density at radius 3 is 2.07 bits per heavy atom. The fourth-order valence-electron chi connectivity index (χ4n) is 2.52. The van der Waals surface area contributed by atoms with Gasteiger partial charge in [0.05, 0.1) is 10.6 Å². The van der Waals surface area contributed by atoms with E-state index in [1.165, 1.54) is 12.1 Å². The molecule has 2 N–H and O–H groups in total. The smallest absolute Gasteiger partial charge is 0.261 e. The van der Waals surface area contributed by atoms with Gasteiger partial charge in [-0.15, -0.1) is 0 Å². The van der Waals surface area contributed by atoms with Gasteiger partial charge in [0.2, 0.25) is 0 Å². The third-order valence-electron chi connectivity index (χ3n) is 4.13. The normalized spacial score (nSPS) is 11.0. The molecule has 5 nitrogen and oxygen atoms in total. The van der Waals surface area contributed by atoms with Gasteiger partial charge in [0.25, 0.3) is 15.9 Å². The molecule has 0 saturated heterocycles. The van der Waals surface area contributed by atoms with Crippen LogP contribution in [-0.2, 0) is 10.0 Å². The molecule has 6 heteroatoms. The van der Waals surface area contributed by atoms with Crippen molar-refractivity contribution in [2.24, 2.45) is 0 Å². The van der Waals surface area contributed by atoms with Gasteiger partial charge < -0.3 is 5.32 Å². The Morgan fingerprint density at radius 1 is 0.815 bits per heavy atom. The second-order valence-electron chi connectivity index (χ2n) is 6.26. The fraction of sp³-hybridized carbons (Fsp3) is 0.0952. The number of hydrogen-bond acceptors (Lipinski definition) is 3. The Hall–Kier alpha value is -3.12. The van der Waals surface area contributed by atoms with Crippen molar-refractivity contribution in [3.63, 3.8) is 0 Å². The van der Waals surface area contributed by atoms with Crippen molar-refractivity contribution in [2.45, 2.75) is 18.7 Å². The number of carbonyl (C=O) groups excluding carboxylic acids is 1. The number of para-hydroxylation sites is 1. The molecule has 0 fully saturated rings. The lowest BCUT2D eigenvalue weighted by atomic mass is 10.1. The van der Waals surface area contributed by atoms with E-state index < -0.39 is 10.0 Å². The second kappa shape index (κ2) is 7.63. The molecule has 0 aromatic heterocycles. The first-order chi connectivity index (χ1) is 12.8. The Morgan fingerprint density at radius 2 is 1.44 bits per heavy atom. The highest BCUT2D eigenvalue weighted by Gasteiger charge is 2.15. The Bertz CT molecular complexity index is 1060. The van der Waals surface area contributed by atoms with Crippen LogP contribution < -0.4 is 10.0 Å². The molecule has 0 heterocycles. The van der Waals surface area contributed by atoms with Gasteiger partial charge >= 0.3 is 0 Å². The SMILES string of the molecule is Cc1ccc(C(=O)Nc2ccc(S(=O)(=O)Nc3ccccc3C)cc2)cc1. The fourth-order valence-corrected chi connectivity index (χ4v) is 3.65. The summed E-state index contributed by atoms with van der Waals surface area (Å²) in [7, 11) is -3.70. The van der Waals surface area contributed by atoms with E-state index in [0.717, 1.165) is 11.1 Å². The number of nitrogens with one attached hydrogen (secondary N) is 2. The van der Waals surface area contributed by atoms with Crippen LogP contribution in [0.1, 0.15) is 21.5 Å². The topological polar surface area (TPSA) is 75.3 Å². The number of amides is 1. The van der Waals surface area contributed by atoms with E-state index in [4.69, 9.17) is 0 Å². The summed E-state index contributed by atoms with van der Waals surface area (Å²) in [6.07, 6.45) is 0. The molecule has 0 saturated carbocycles. The zero-order valence-electron chi connectivity index (χ0n) is 15.1. The lowest BCUT2D eigenvalue weighted by Crippen LogP contribution is -2.14. The molecule has 3 aromatic carbocycles. The van der Waals surface area contributed by atoms with E-state index in [9.17, 15) is 13.2 Å². The van der Waals surface area contributed by atoms with Crippen LogP contribution in [0.2, 0.25) is 0 Å². The first-order valence-electron chi connectivity index (χ1n) is 8.42. The highest BCUT2D eigenvalue weighted by molar-refractivity contribution is 7.92. The molecule has 3 rings (SSSR count). The van der Waals surface area contributed by atoms with E-state index >= 15 is 0 Å². The second-order valence-corrected chi connectivity index (χ2v) is 7.95. The minimum Gasteiger partial charge on any atom is -0.322 e. The van der Waals surface area contributed by atoms with Crippen molar-refractivity contribution in [3.05, 3.63) is 89.5 Å². The molecular formula is C21H20N2O3S. The Kier molecular flexibility index (Phi) is 5.28. The lowest BCUT2D eigenvalue weighted by molar-refractivity contribution is 0.102. The Balaban J connectivity index is 1.73. The van der Waals surface area contributed by atoms with E-state index in [1.807, 2.05) is 38.1 Å². The summed E-state index contributed by atoms with van der Waals surface area (Å²) in [6, 6.07) is 20.4. The quantitative estimate of drug-likeness (QED) is 0.691. The number of hydrogen-bond donors (Lipinski definition) is 2. The number of anilines is 2. The molecule has 0 aliphatic rings. The van der Waals surface area contributed by atoms with Gasteiger partial charge in [-0.3, -0.25) is 9.52 Å². The zero-order chi connectivity index (χ0) is 19.4. The van der Waals surface area contributed by atoms with E-state index in [2.05, 4.69) is 10.0 Å². The third kappa shape index (κ3) is 4.54. The third-order valence-corrected chi connectivity index (χ3v) is 5.51. The summed E-state index contributed by atoms with van der Waals surface area (Å²) >= 11 is 0. The highest BCUT2D eigenvalue weighted by atomic mass is 32.2. The molecule has 3 aromatic rings. The van der Waals surface area contributed by atoms with Crippen LogP contribution in [0, 0.1) is 13.8 Å². The zero-order valence-corrected chi connectivity index (χ0v) is 15.9. The van der Waals surface area contributed by atoms with Crippen LogP contribution >= 0.6 is 0 Å². The maximum absolute atomic E-state index is 12.5. The standard InChI is InChI=1S/C21H20N2O3S/c1-15-7-9-17(10-8-15)21(24)22-18-11-13-19(14-12-18)27(25,26)23-20-6-4-3-5-16(20)2/h3-14,23H,1-2H3,(H,22,24). The van der Waals surface area contributed by atoms with Gasteiger partial charge in [-0.2, -0.15) is 0 Å². The predicted octanol–water partition coefficient (Wildman–Crippen LogP) is 4.36. The average Bonchev–Trinajstić information content (AvgIpc) is 2.64. The molecule has 27 heavy (non-hydrogen) atoms. The molecule has 0 bridgehead atoms. The average molecular weight is 380 g/mol. The number of sulfonamides is 1. The van der Waals surface area contributed by atoms with Crippen LogP contribution in [0.3, 0.4) is 0 Å². The highest BCUT2D eigenvalue weighted by Crippen LogP contribution is 2.21. The number of aryl methyl sites for hydroxylation is 2. The largest absolute Gasteiger partial charge is 0.322 e. The van der Waals surface area contributed by atoms with Gasteiger partial charge in [-0.1, -0.05) is 35.9 Å². The molecule has 0 aliphatic carbocycles. The molecule has 0 spiro atoms. The van der Waals surface area contributed by atoms with E-state index in [1.54, 1.807) is 36.4 Å². The lowest BCUT2D eigenvalue weighted by Gasteiger charge is -2.11. The summed E-state index contributed by atoms with van der Waals surface area (Å²) in [5.74, 6) is -0.247. The number of rotatable bonds is 5. The first kappa shape index (κ1) is 18.7. The molecule has 0 aliphatic heterocycles. The first-order valence-corrected chi connectivity index (χ1v) is 9.90. The van der Waals surface area contributed by atoms with Gasteiger partial charge in [0, 0.05) is 11.3 Å². The molecule has 0 radical (unpaired) electrons. The summed E-state index contributed by atoms with van der Waals surface area (Å²) in [4.78, 5) is 12.4. The summed E-state index contributed by atoms with van der Waals surface area (Å²) in [5.41, 5.74) is 3.51. The summed E-state index contributed by atoms with van der Waals surface area (Å²) in [5, 5.41) is 2.76. The van der Waals surface area contributed by atoms with Crippen LogP contribution in [0.15, 0.2) is 77.7 Å². The molecular weight excluding hydrogens is 360 g/mol. The van der Waals surface area contributed by atoms with Crippen LogP contribution in [0.25, 0.3) is 0 Å². The maximum atomic E-state index is 12.5. The van der Waals surface area contributed by atoms with Crippen molar-refractivity contribution in [2.75, 3.05) is 10.0 Å². The number of benzene rings is 3. The van der Waals surface area contributed by atoms with Crippen molar-refractivity contribution in [3.8, 4) is 0 Å². The minimum absolute atomic E-state index is 0.124. The van der Waals surface area contributed by atoms with Gasteiger partial charge in [-0.25, -0.2) is 8.42 Å². The van der Waals surface area contributed by atoms with E-state index in [-0.39, 0.29) is 10.8 Å². The van der Waals surface area contributed by atoms with Crippen molar-refractivity contribution < 1.29 is 13.2 Å². The maximum Gasteiger partial charge on any atom is 0.261 e. The van der Waals surface area contributed by atoms with Crippen LogP contribution in [0.5, 0.6) is 0 Å². The Labute approximate surface area is 159 Å². The van der Waals surface area contributed by atoms with Gasteiger partial charge in [0.15, 0.2) is 0 Å². The summed E-state index contributed by atoms with van der Waals surface area (Å²) < 4.78 is 27.7. The molecule has 1 amide bonds. The monoisotopic (exact) mass is 380 g/mol. The number of carbonyl (C=O) groups is 1. The predicted molar refractivity (Wildman–Crippen MR) is 108 cm³/mol. The van der Waals surface area contributed by atoms with Gasteiger partial charge in [0.1, 0.15) is 0 Å². The van der Waals surface area contributed by atoms with E-state index in [0.29, 0.717) is 16.9 Å². The van der Waals surface area contributed by atoms with Crippen LogP contribution in [0.4, 0.5) is 11.4 Å².